The average Bonchev–Trinajstić information content (AvgIpc) is 2.49. The second-order valence-corrected chi connectivity index (χ2v) is 8.92. The summed E-state index contributed by atoms with van der Waals surface area (Å²) in [5, 5.41) is 4.85. The number of halogens is 2. The van der Waals surface area contributed by atoms with Gasteiger partial charge in [0.15, 0.2) is 0 Å². The number of hydrogen-bond donors (Lipinski definition) is 0. The van der Waals surface area contributed by atoms with Crippen molar-refractivity contribution in [1.29, 1.82) is 0 Å². The van der Waals surface area contributed by atoms with Gasteiger partial charge in [0, 0.05) is 5.71 Å². The molecule has 0 spiro atoms. The molecule has 0 bridgehead atoms. The van der Waals surface area contributed by atoms with E-state index in [1.165, 1.54) is 75.6 Å². The predicted octanol–water partition coefficient (Wildman–Crippen LogP) is 6.77. The Morgan fingerprint density at radius 1 is 0.955 bits per heavy atom. The Hall–Kier alpha value is 0.504. The fourth-order valence-electron chi connectivity index (χ4n) is 3.37. The van der Waals surface area contributed by atoms with Gasteiger partial charge in [-0.1, -0.05) is 64.4 Å². The van der Waals surface area contributed by atoms with E-state index in [9.17, 15) is 0 Å². The van der Waals surface area contributed by atoms with Crippen LogP contribution in [0.2, 0.25) is 0 Å². The molecule has 2 rings (SSSR count). The molecule has 0 atom stereocenters. The van der Waals surface area contributed by atoms with E-state index < -0.39 is 17.0 Å². The van der Waals surface area contributed by atoms with Crippen molar-refractivity contribution in [2.45, 2.75) is 90.1 Å². The van der Waals surface area contributed by atoms with Crippen molar-refractivity contribution >= 4 is 24.3 Å². The normalized spacial score (nSPS) is 21.8. The van der Waals surface area contributed by atoms with Gasteiger partial charge < -0.3 is 5.32 Å². The molecule has 0 aromatic carbocycles. The predicted molar refractivity (Wildman–Crippen MR) is 95.7 cm³/mol. The summed E-state index contributed by atoms with van der Waals surface area (Å²) >= 11 is -0.556. The monoisotopic (exact) mass is 379 g/mol. The van der Waals surface area contributed by atoms with Gasteiger partial charge >= 0.3 is 35.6 Å². The van der Waals surface area contributed by atoms with Gasteiger partial charge in [-0.05, 0) is 19.8 Å². The van der Waals surface area contributed by atoms with Crippen LogP contribution in [0, 0.1) is 0 Å². The Bertz CT molecular complexity index is 347. The van der Waals surface area contributed by atoms with Gasteiger partial charge in [0.25, 0.3) is 0 Å². The van der Waals surface area contributed by atoms with E-state index in [1.54, 1.807) is 0 Å². The van der Waals surface area contributed by atoms with Crippen molar-refractivity contribution in [3.8, 4) is 0 Å². The maximum absolute atomic E-state index is 4.89. The van der Waals surface area contributed by atoms with E-state index in [-0.39, 0.29) is 0 Å². The van der Waals surface area contributed by atoms with Crippen molar-refractivity contribution in [2.24, 2.45) is 4.99 Å². The number of rotatable bonds is 4. The van der Waals surface area contributed by atoms with Crippen molar-refractivity contribution in [1.82, 2.24) is 0 Å². The standard InChI is InChI=1S/C17H29N2.2ClH.Ti/c1-14(18-16-9-5-3-6-10-16)13-15(2)19-17-11-7-4-8-12-17;;;/h13,16-17H,3-12H2,1-2H3;2*1H;/q-1;;;+2/p-2/b14-13-,19-15?;;;. The van der Waals surface area contributed by atoms with Crippen molar-refractivity contribution < 1.29 is 17.0 Å². The van der Waals surface area contributed by atoms with Gasteiger partial charge in [-0.3, -0.25) is 4.99 Å². The summed E-state index contributed by atoms with van der Waals surface area (Å²) in [4.78, 5) is 4.85. The molecule has 0 aromatic rings. The van der Waals surface area contributed by atoms with E-state index in [2.05, 4.69) is 19.9 Å². The Morgan fingerprint density at radius 2 is 1.45 bits per heavy atom. The summed E-state index contributed by atoms with van der Waals surface area (Å²) in [5.74, 6) is 0. The summed E-state index contributed by atoms with van der Waals surface area (Å²) in [6.07, 6.45) is 15.5. The van der Waals surface area contributed by atoms with Crippen LogP contribution in [0.4, 0.5) is 0 Å². The summed E-state index contributed by atoms with van der Waals surface area (Å²) in [7, 11) is 9.78. The van der Waals surface area contributed by atoms with E-state index in [1.807, 2.05) is 0 Å². The van der Waals surface area contributed by atoms with Crippen LogP contribution >= 0.6 is 18.6 Å². The molecule has 0 amide bonds. The molecule has 5 heteroatoms. The first-order valence-electron chi connectivity index (χ1n) is 8.55. The Morgan fingerprint density at radius 3 is 2.00 bits per heavy atom. The van der Waals surface area contributed by atoms with Gasteiger partial charge in [0.2, 0.25) is 0 Å². The van der Waals surface area contributed by atoms with Crippen LogP contribution in [0.5, 0.6) is 0 Å². The molecule has 0 unspecified atom stereocenters. The molecular formula is C17H29Cl2N2Ti-. The Kier molecular flexibility index (Phi) is 12.0. The number of nitrogens with zero attached hydrogens (tertiary/aromatic N) is 2. The molecule has 2 aliphatic carbocycles. The quantitative estimate of drug-likeness (QED) is 0.380. The molecule has 2 nitrogen and oxygen atoms in total. The molecule has 0 radical (unpaired) electrons. The van der Waals surface area contributed by atoms with E-state index >= 15 is 0 Å². The molecular weight excluding hydrogens is 351 g/mol. The summed E-state index contributed by atoms with van der Waals surface area (Å²) in [6.45, 7) is 4.27. The SMILES string of the molecule is CC(/C=C(/C)[N-]C1CCCCC1)=NC1CCCCC1.[Cl][Ti][Cl]. The summed E-state index contributed by atoms with van der Waals surface area (Å²) in [5.41, 5.74) is 2.34. The van der Waals surface area contributed by atoms with Gasteiger partial charge in [-0.15, -0.1) is 6.04 Å². The second-order valence-electron chi connectivity index (χ2n) is 6.34. The van der Waals surface area contributed by atoms with E-state index in [0.29, 0.717) is 12.1 Å². The minimum atomic E-state index is -0.556. The number of aliphatic imine (C=N–C) groups is 1. The Labute approximate surface area is 153 Å². The van der Waals surface area contributed by atoms with Gasteiger partial charge in [0.1, 0.15) is 0 Å². The summed E-state index contributed by atoms with van der Waals surface area (Å²) in [6, 6.07) is 1.15. The first-order valence-corrected chi connectivity index (χ1v) is 12.8. The van der Waals surface area contributed by atoms with Crippen LogP contribution in [0.15, 0.2) is 16.8 Å². The van der Waals surface area contributed by atoms with Crippen molar-refractivity contribution in [2.75, 3.05) is 0 Å². The Balaban J connectivity index is 0.000000745. The number of hydrogen-bond acceptors (Lipinski definition) is 1. The van der Waals surface area contributed by atoms with Crippen LogP contribution in [-0.2, 0) is 17.0 Å². The van der Waals surface area contributed by atoms with Crippen LogP contribution in [0.3, 0.4) is 0 Å². The fourth-order valence-corrected chi connectivity index (χ4v) is 3.37. The zero-order valence-electron chi connectivity index (χ0n) is 14.0. The van der Waals surface area contributed by atoms with E-state index in [0.717, 1.165) is 0 Å². The van der Waals surface area contributed by atoms with Crippen LogP contribution in [0.1, 0.15) is 78.1 Å². The fraction of sp³-hybridized carbons (Fsp3) is 0.824. The first kappa shape index (κ1) is 20.5. The molecule has 2 fully saturated rings. The molecule has 2 aliphatic rings. The molecule has 0 heterocycles. The third-order valence-corrected chi connectivity index (χ3v) is 4.34. The third-order valence-electron chi connectivity index (χ3n) is 4.34. The molecule has 22 heavy (non-hydrogen) atoms. The van der Waals surface area contributed by atoms with Crippen LogP contribution in [-0.4, -0.2) is 17.8 Å². The number of allylic oxidation sites excluding steroid dienone is 2. The summed E-state index contributed by atoms with van der Waals surface area (Å²) < 4.78 is 0. The second kappa shape index (κ2) is 12.9. The molecule has 0 aromatic heterocycles. The molecule has 0 aliphatic heterocycles. The third kappa shape index (κ3) is 9.60. The molecule has 126 valence electrons. The molecule has 0 saturated heterocycles. The zero-order chi connectivity index (χ0) is 16.2. The van der Waals surface area contributed by atoms with Gasteiger partial charge in [-0.2, -0.15) is 5.70 Å². The maximum atomic E-state index is 4.89. The van der Waals surface area contributed by atoms with Crippen LogP contribution < -0.4 is 0 Å². The van der Waals surface area contributed by atoms with Crippen molar-refractivity contribution in [3.05, 3.63) is 17.1 Å². The van der Waals surface area contributed by atoms with Gasteiger partial charge in [0.05, 0.1) is 6.04 Å². The molecule has 0 N–H and O–H groups in total. The van der Waals surface area contributed by atoms with Gasteiger partial charge in [-0.25, -0.2) is 0 Å². The van der Waals surface area contributed by atoms with E-state index in [4.69, 9.17) is 28.9 Å². The minimum absolute atomic E-state index is 0.556. The molecule has 2 saturated carbocycles. The zero-order valence-corrected chi connectivity index (χ0v) is 17.0. The topological polar surface area (TPSA) is 26.5 Å². The average molecular weight is 380 g/mol. The first-order chi connectivity index (χ1) is 10.7. The van der Waals surface area contributed by atoms with Crippen molar-refractivity contribution in [3.63, 3.8) is 0 Å². The van der Waals surface area contributed by atoms with Crippen LogP contribution in [0.25, 0.3) is 5.32 Å².